The van der Waals surface area contributed by atoms with Gasteiger partial charge in [-0.25, -0.2) is 19.2 Å². The Morgan fingerprint density at radius 2 is 1.07 bits per heavy atom. The van der Waals surface area contributed by atoms with E-state index in [1.165, 1.54) is 9.13 Å². The summed E-state index contributed by atoms with van der Waals surface area (Å²) in [6, 6.07) is 13.3. The van der Waals surface area contributed by atoms with Gasteiger partial charge < -0.3 is 13.6 Å². The van der Waals surface area contributed by atoms with Gasteiger partial charge in [0, 0.05) is 0 Å². The summed E-state index contributed by atoms with van der Waals surface area (Å²) in [5, 5.41) is 0.619. The van der Waals surface area contributed by atoms with Crippen LogP contribution in [0.25, 0.3) is 21.8 Å². The molecule has 2 aromatic heterocycles. The van der Waals surface area contributed by atoms with Crippen molar-refractivity contribution in [1.82, 2.24) is 9.13 Å². The van der Waals surface area contributed by atoms with Crippen LogP contribution in [0.15, 0.2) is 76.5 Å². The van der Waals surface area contributed by atoms with E-state index in [1.807, 2.05) is 0 Å². The minimum absolute atomic E-state index is 0.154. The molecule has 4 aromatic rings. The SMILES string of the molecule is O=c1oc(=O)n(CCOCCn2c(=O)oc(=O)c3ccccc32)c2ccccc12. The maximum absolute atomic E-state index is 12.0. The Kier molecular flexibility index (Phi) is 4.96. The van der Waals surface area contributed by atoms with Gasteiger partial charge in [-0.3, -0.25) is 9.13 Å². The molecule has 0 aliphatic rings. The van der Waals surface area contributed by atoms with Crippen molar-refractivity contribution in [3.63, 3.8) is 0 Å². The van der Waals surface area contributed by atoms with Gasteiger partial charge in [-0.1, -0.05) is 24.3 Å². The molecule has 4 rings (SSSR count). The molecule has 29 heavy (non-hydrogen) atoms. The monoisotopic (exact) mass is 396 g/mol. The number of para-hydroxylation sites is 2. The van der Waals surface area contributed by atoms with E-state index < -0.39 is 22.8 Å². The van der Waals surface area contributed by atoms with Crippen molar-refractivity contribution in [2.75, 3.05) is 13.2 Å². The standard InChI is InChI=1S/C20H16N2O7/c23-17-13-5-1-3-7-15(13)21(19(25)28-17)9-11-27-12-10-22-16-8-4-2-6-14(16)18(24)29-20(22)26/h1-8H,9-12H2. The van der Waals surface area contributed by atoms with Gasteiger partial charge >= 0.3 is 22.8 Å². The minimum atomic E-state index is -0.760. The van der Waals surface area contributed by atoms with Crippen LogP contribution in [0.2, 0.25) is 0 Å². The van der Waals surface area contributed by atoms with Gasteiger partial charge in [-0.05, 0) is 24.3 Å². The molecule has 0 unspecified atom stereocenters. The second kappa shape index (κ2) is 7.72. The molecule has 0 amide bonds. The first-order valence-electron chi connectivity index (χ1n) is 8.89. The summed E-state index contributed by atoms with van der Waals surface area (Å²) in [5.74, 6) is -1.52. The van der Waals surface area contributed by atoms with E-state index in [4.69, 9.17) is 13.6 Å². The quantitative estimate of drug-likeness (QED) is 0.446. The fourth-order valence-electron chi connectivity index (χ4n) is 3.18. The van der Waals surface area contributed by atoms with Crippen LogP contribution in [0.1, 0.15) is 0 Å². The van der Waals surface area contributed by atoms with Crippen LogP contribution in [0.5, 0.6) is 0 Å². The first-order chi connectivity index (χ1) is 14.1. The van der Waals surface area contributed by atoms with Gasteiger partial charge in [0.1, 0.15) is 0 Å². The van der Waals surface area contributed by atoms with E-state index in [9.17, 15) is 19.2 Å². The van der Waals surface area contributed by atoms with Crippen molar-refractivity contribution in [1.29, 1.82) is 0 Å². The summed E-state index contributed by atoms with van der Waals surface area (Å²) in [6.07, 6.45) is 0. The number of benzene rings is 2. The average Bonchev–Trinajstić information content (AvgIpc) is 2.72. The van der Waals surface area contributed by atoms with Crippen LogP contribution in [-0.4, -0.2) is 22.3 Å². The van der Waals surface area contributed by atoms with Crippen molar-refractivity contribution in [2.24, 2.45) is 0 Å². The third kappa shape index (κ3) is 3.55. The molecule has 0 atom stereocenters. The molecule has 148 valence electrons. The molecule has 0 N–H and O–H groups in total. The first kappa shape index (κ1) is 18.6. The zero-order valence-electron chi connectivity index (χ0n) is 15.2. The van der Waals surface area contributed by atoms with Gasteiger partial charge in [0.05, 0.1) is 48.1 Å². The van der Waals surface area contributed by atoms with Crippen LogP contribution in [0.3, 0.4) is 0 Å². The van der Waals surface area contributed by atoms with Crippen molar-refractivity contribution in [3.05, 3.63) is 90.5 Å². The summed E-state index contributed by atoms with van der Waals surface area (Å²) >= 11 is 0. The molecule has 0 aliphatic heterocycles. The second-order valence-electron chi connectivity index (χ2n) is 6.26. The summed E-state index contributed by atoms with van der Waals surface area (Å²) in [7, 11) is 0. The van der Waals surface area contributed by atoms with Crippen molar-refractivity contribution in [3.8, 4) is 0 Å². The van der Waals surface area contributed by atoms with Crippen molar-refractivity contribution < 1.29 is 13.6 Å². The highest BCUT2D eigenvalue weighted by molar-refractivity contribution is 5.77. The van der Waals surface area contributed by atoms with E-state index in [0.717, 1.165) is 0 Å². The molecule has 0 bridgehead atoms. The summed E-state index contributed by atoms with van der Waals surface area (Å²) in [5.41, 5.74) is -0.437. The lowest BCUT2D eigenvalue weighted by atomic mass is 10.2. The zero-order chi connectivity index (χ0) is 20.4. The summed E-state index contributed by atoms with van der Waals surface area (Å²) in [4.78, 5) is 47.6. The molecule has 0 spiro atoms. The molecule has 0 radical (unpaired) electrons. The van der Waals surface area contributed by atoms with Gasteiger partial charge in [0.2, 0.25) is 0 Å². The number of fused-ring (bicyclic) bond motifs is 2. The van der Waals surface area contributed by atoms with Crippen molar-refractivity contribution in [2.45, 2.75) is 13.1 Å². The lowest BCUT2D eigenvalue weighted by Gasteiger charge is -2.10. The Morgan fingerprint density at radius 3 is 1.52 bits per heavy atom. The van der Waals surface area contributed by atoms with E-state index >= 15 is 0 Å². The van der Waals surface area contributed by atoms with E-state index in [-0.39, 0.29) is 26.3 Å². The van der Waals surface area contributed by atoms with E-state index in [1.54, 1.807) is 48.5 Å². The third-order valence-corrected chi connectivity index (χ3v) is 4.55. The lowest BCUT2D eigenvalue weighted by Crippen LogP contribution is -2.28. The van der Waals surface area contributed by atoms with Crippen LogP contribution in [0, 0.1) is 0 Å². The van der Waals surface area contributed by atoms with Crippen LogP contribution in [0.4, 0.5) is 0 Å². The van der Waals surface area contributed by atoms with Gasteiger partial charge in [0.25, 0.3) is 0 Å². The fourth-order valence-corrected chi connectivity index (χ4v) is 3.18. The maximum atomic E-state index is 12.0. The summed E-state index contributed by atoms with van der Waals surface area (Å²) < 4.78 is 17.7. The average molecular weight is 396 g/mol. The first-order valence-corrected chi connectivity index (χ1v) is 8.89. The molecule has 2 heterocycles. The molecular weight excluding hydrogens is 380 g/mol. The highest BCUT2D eigenvalue weighted by Gasteiger charge is 2.10. The predicted molar refractivity (Wildman–Crippen MR) is 104 cm³/mol. The molecule has 0 saturated heterocycles. The van der Waals surface area contributed by atoms with Crippen LogP contribution < -0.4 is 22.8 Å². The lowest BCUT2D eigenvalue weighted by molar-refractivity contribution is 0.115. The number of aromatic nitrogens is 2. The van der Waals surface area contributed by atoms with E-state index in [2.05, 4.69) is 0 Å². The largest absolute Gasteiger partial charge is 0.422 e. The predicted octanol–water partition coefficient (Wildman–Crippen LogP) is 0.940. The highest BCUT2D eigenvalue weighted by atomic mass is 16.5. The Bertz CT molecular complexity index is 1320. The number of nitrogens with zero attached hydrogens (tertiary/aromatic N) is 2. The Hall–Kier alpha value is -3.72. The Morgan fingerprint density at radius 1 is 0.655 bits per heavy atom. The van der Waals surface area contributed by atoms with Crippen LogP contribution in [-0.2, 0) is 17.8 Å². The fraction of sp³-hybridized carbons (Fsp3) is 0.200. The minimum Gasteiger partial charge on any atom is -0.378 e. The Balaban J connectivity index is 1.47. The molecule has 9 nitrogen and oxygen atoms in total. The number of ether oxygens (including phenoxy) is 1. The maximum Gasteiger partial charge on any atom is 0.422 e. The molecule has 9 heteroatoms. The number of hydrogen-bond donors (Lipinski definition) is 0. The molecule has 2 aromatic carbocycles. The summed E-state index contributed by atoms with van der Waals surface area (Å²) in [6.45, 7) is 0.646. The third-order valence-electron chi connectivity index (χ3n) is 4.55. The Labute approximate surface area is 162 Å². The van der Waals surface area contributed by atoms with Crippen LogP contribution >= 0.6 is 0 Å². The second-order valence-corrected chi connectivity index (χ2v) is 6.26. The zero-order valence-corrected chi connectivity index (χ0v) is 15.2. The van der Waals surface area contributed by atoms with Crippen molar-refractivity contribution >= 4 is 21.8 Å². The molecular formula is C20H16N2O7. The van der Waals surface area contributed by atoms with Gasteiger partial charge in [0.15, 0.2) is 0 Å². The topological polar surface area (TPSA) is 114 Å². The normalized spacial score (nSPS) is 11.3. The number of rotatable bonds is 6. The van der Waals surface area contributed by atoms with Gasteiger partial charge in [-0.15, -0.1) is 0 Å². The molecule has 0 saturated carbocycles. The van der Waals surface area contributed by atoms with Gasteiger partial charge in [-0.2, -0.15) is 0 Å². The smallest absolute Gasteiger partial charge is 0.378 e. The molecule has 0 fully saturated rings. The van der Waals surface area contributed by atoms with E-state index in [0.29, 0.717) is 21.8 Å². The molecule has 0 aliphatic carbocycles. The highest BCUT2D eigenvalue weighted by Crippen LogP contribution is 2.08. The number of hydrogen-bond acceptors (Lipinski definition) is 7.